The number of fused-ring (bicyclic) bond motifs is 1. The van der Waals surface area contributed by atoms with Crippen molar-refractivity contribution in [3.63, 3.8) is 0 Å². The standard InChI is InChI=1S/C15H30O4Si/c1-14(2,3)20(6,7)19-11-8-10(9-16)12-13(11)18-15(4,5)17-12/h10-13,16H,8-9H2,1-7H3/t10-,11-,12+,13+/m0/s1. The Balaban J connectivity index is 2.14. The van der Waals surface area contributed by atoms with Crippen molar-refractivity contribution < 1.29 is 19.0 Å². The van der Waals surface area contributed by atoms with Crippen LogP contribution in [0.25, 0.3) is 0 Å². The third-order valence-corrected chi connectivity index (χ3v) is 9.52. The average Bonchev–Trinajstić information content (AvgIpc) is 2.71. The molecule has 0 unspecified atom stereocenters. The molecule has 1 saturated carbocycles. The molecule has 0 radical (unpaired) electrons. The Labute approximate surface area is 123 Å². The summed E-state index contributed by atoms with van der Waals surface area (Å²) in [6.45, 7) is 15.2. The summed E-state index contributed by atoms with van der Waals surface area (Å²) in [4.78, 5) is 0. The van der Waals surface area contributed by atoms with Gasteiger partial charge in [-0.1, -0.05) is 20.8 Å². The van der Waals surface area contributed by atoms with Crippen LogP contribution >= 0.6 is 0 Å². The maximum Gasteiger partial charge on any atom is 0.192 e. The average molecular weight is 302 g/mol. The van der Waals surface area contributed by atoms with Gasteiger partial charge in [0.15, 0.2) is 14.1 Å². The summed E-state index contributed by atoms with van der Waals surface area (Å²) in [5, 5.41) is 9.75. The summed E-state index contributed by atoms with van der Waals surface area (Å²) < 4.78 is 18.5. The van der Waals surface area contributed by atoms with E-state index in [1.165, 1.54) is 0 Å². The van der Waals surface area contributed by atoms with E-state index in [4.69, 9.17) is 13.9 Å². The first kappa shape index (κ1) is 16.4. The Bertz CT molecular complexity index is 361. The minimum Gasteiger partial charge on any atom is -0.411 e. The smallest absolute Gasteiger partial charge is 0.192 e. The van der Waals surface area contributed by atoms with Crippen LogP contribution in [0.4, 0.5) is 0 Å². The van der Waals surface area contributed by atoms with Crippen LogP contribution in [0.15, 0.2) is 0 Å². The van der Waals surface area contributed by atoms with E-state index in [0.717, 1.165) is 6.42 Å². The molecular formula is C15H30O4Si. The molecule has 2 fully saturated rings. The lowest BCUT2D eigenvalue weighted by atomic mass is 10.1. The van der Waals surface area contributed by atoms with Crippen LogP contribution in [-0.2, 0) is 13.9 Å². The number of aliphatic hydroxyl groups is 1. The molecule has 1 N–H and O–H groups in total. The molecule has 1 saturated heterocycles. The lowest BCUT2D eigenvalue weighted by molar-refractivity contribution is -0.166. The fourth-order valence-electron chi connectivity index (χ4n) is 2.88. The van der Waals surface area contributed by atoms with E-state index >= 15 is 0 Å². The van der Waals surface area contributed by atoms with Gasteiger partial charge in [-0.2, -0.15) is 0 Å². The highest BCUT2D eigenvalue weighted by Crippen LogP contribution is 2.46. The fourth-order valence-corrected chi connectivity index (χ4v) is 4.23. The molecule has 2 rings (SSSR count). The lowest BCUT2D eigenvalue weighted by Gasteiger charge is -2.39. The minimum atomic E-state index is -1.84. The molecule has 0 amide bonds. The van der Waals surface area contributed by atoms with E-state index in [-0.39, 0.29) is 35.9 Å². The van der Waals surface area contributed by atoms with E-state index in [1.54, 1.807) is 0 Å². The molecule has 2 aliphatic rings. The third-order valence-electron chi connectivity index (χ3n) is 5.02. The molecule has 0 spiro atoms. The van der Waals surface area contributed by atoms with Crippen LogP contribution in [0.2, 0.25) is 18.1 Å². The molecule has 0 aromatic heterocycles. The molecule has 20 heavy (non-hydrogen) atoms. The van der Waals surface area contributed by atoms with Gasteiger partial charge in [0.2, 0.25) is 0 Å². The summed E-state index contributed by atoms with van der Waals surface area (Å²) in [5.74, 6) is -0.449. The second-order valence-electron chi connectivity index (χ2n) is 8.16. The Morgan fingerprint density at radius 2 is 1.75 bits per heavy atom. The van der Waals surface area contributed by atoms with E-state index in [0.29, 0.717) is 0 Å². The quantitative estimate of drug-likeness (QED) is 0.814. The number of ether oxygens (including phenoxy) is 2. The van der Waals surface area contributed by atoms with Gasteiger partial charge in [0.1, 0.15) is 6.10 Å². The van der Waals surface area contributed by atoms with Crippen LogP contribution in [0, 0.1) is 5.92 Å². The molecular weight excluding hydrogens is 272 g/mol. The third kappa shape index (κ3) is 2.97. The second-order valence-corrected chi connectivity index (χ2v) is 12.9. The van der Waals surface area contributed by atoms with Crippen LogP contribution in [0.5, 0.6) is 0 Å². The van der Waals surface area contributed by atoms with E-state index in [9.17, 15) is 5.11 Å². The molecule has 118 valence electrons. The predicted molar refractivity (Wildman–Crippen MR) is 81.1 cm³/mol. The summed E-state index contributed by atoms with van der Waals surface area (Å²) in [6, 6.07) is 0. The second kappa shape index (κ2) is 5.06. The first-order valence-corrected chi connectivity index (χ1v) is 10.5. The Morgan fingerprint density at radius 3 is 2.25 bits per heavy atom. The van der Waals surface area contributed by atoms with Crippen LogP contribution in [0.1, 0.15) is 41.0 Å². The van der Waals surface area contributed by atoms with Gasteiger partial charge in [0.05, 0.1) is 12.2 Å². The Kier molecular flexibility index (Phi) is 4.15. The molecule has 0 aromatic rings. The first-order valence-electron chi connectivity index (χ1n) is 7.61. The van der Waals surface area contributed by atoms with Crippen molar-refractivity contribution in [2.75, 3.05) is 6.61 Å². The van der Waals surface area contributed by atoms with Crippen molar-refractivity contribution >= 4 is 8.32 Å². The largest absolute Gasteiger partial charge is 0.411 e. The van der Waals surface area contributed by atoms with Crippen molar-refractivity contribution in [1.82, 2.24) is 0 Å². The van der Waals surface area contributed by atoms with Crippen molar-refractivity contribution in [1.29, 1.82) is 0 Å². The summed E-state index contributed by atoms with van der Waals surface area (Å²) in [5.41, 5.74) is 0. The van der Waals surface area contributed by atoms with Crippen molar-refractivity contribution in [2.24, 2.45) is 5.92 Å². The molecule has 4 nitrogen and oxygen atoms in total. The molecule has 1 aliphatic heterocycles. The molecule has 5 heteroatoms. The highest BCUT2D eigenvalue weighted by Gasteiger charge is 2.56. The Hall–Kier alpha value is 0.0569. The fraction of sp³-hybridized carbons (Fsp3) is 1.00. The van der Waals surface area contributed by atoms with Gasteiger partial charge in [-0.05, 0) is 38.4 Å². The summed E-state index contributed by atoms with van der Waals surface area (Å²) in [7, 11) is -1.84. The maximum absolute atomic E-state index is 9.58. The van der Waals surface area contributed by atoms with Crippen molar-refractivity contribution in [3.05, 3.63) is 0 Å². The van der Waals surface area contributed by atoms with Gasteiger partial charge < -0.3 is 19.0 Å². The van der Waals surface area contributed by atoms with Gasteiger partial charge in [-0.25, -0.2) is 0 Å². The summed E-state index contributed by atoms with van der Waals surface area (Å²) in [6.07, 6.45) is 0.787. The van der Waals surface area contributed by atoms with Crippen molar-refractivity contribution in [2.45, 2.75) is 83.3 Å². The molecule has 1 heterocycles. The van der Waals surface area contributed by atoms with Gasteiger partial charge in [0.25, 0.3) is 0 Å². The monoisotopic (exact) mass is 302 g/mol. The zero-order valence-corrected chi connectivity index (χ0v) is 14.9. The van der Waals surface area contributed by atoms with Gasteiger partial charge in [0, 0.05) is 12.5 Å². The lowest BCUT2D eigenvalue weighted by Crippen LogP contribution is -2.46. The van der Waals surface area contributed by atoms with Gasteiger partial charge in [-0.3, -0.25) is 0 Å². The molecule has 0 aromatic carbocycles. The normalized spacial score (nSPS) is 37.2. The minimum absolute atomic E-state index is 0.0373. The predicted octanol–water partition coefficient (Wildman–Crippen LogP) is 2.91. The van der Waals surface area contributed by atoms with Crippen LogP contribution < -0.4 is 0 Å². The highest BCUT2D eigenvalue weighted by molar-refractivity contribution is 6.74. The Morgan fingerprint density at radius 1 is 1.20 bits per heavy atom. The SMILES string of the molecule is CC1(C)O[C@@H]2[C@H](CO)C[C@H](O[Si](C)(C)C(C)(C)C)[C@H]2O1. The number of hydrogen-bond acceptors (Lipinski definition) is 4. The van der Waals surface area contributed by atoms with E-state index < -0.39 is 14.1 Å². The number of rotatable bonds is 3. The molecule has 0 bridgehead atoms. The number of hydrogen-bond donors (Lipinski definition) is 1. The first-order chi connectivity index (χ1) is 8.97. The maximum atomic E-state index is 9.58. The summed E-state index contributed by atoms with van der Waals surface area (Å²) >= 11 is 0. The van der Waals surface area contributed by atoms with E-state index in [1.807, 2.05) is 13.8 Å². The molecule has 4 atom stereocenters. The van der Waals surface area contributed by atoms with Gasteiger partial charge in [-0.15, -0.1) is 0 Å². The zero-order chi connectivity index (χ0) is 15.3. The van der Waals surface area contributed by atoms with Gasteiger partial charge >= 0.3 is 0 Å². The molecule has 1 aliphatic carbocycles. The van der Waals surface area contributed by atoms with E-state index in [2.05, 4.69) is 33.9 Å². The highest BCUT2D eigenvalue weighted by atomic mass is 28.4. The van der Waals surface area contributed by atoms with Crippen molar-refractivity contribution in [3.8, 4) is 0 Å². The van der Waals surface area contributed by atoms with Crippen LogP contribution in [0.3, 0.4) is 0 Å². The number of aliphatic hydroxyl groups excluding tert-OH is 1. The zero-order valence-electron chi connectivity index (χ0n) is 13.9. The topological polar surface area (TPSA) is 47.9 Å². The van der Waals surface area contributed by atoms with Crippen LogP contribution in [-0.4, -0.2) is 44.1 Å².